The first-order valence-electron chi connectivity index (χ1n) is 7.22. The van der Waals surface area contributed by atoms with E-state index in [9.17, 15) is 9.59 Å². The highest BCUT2D eigenvalue weighted by Crippen LogP contribution is 2.25. The van der Waals surface area contributed by atoms with Crippen molar-refractivity contribution in [2.45, 2.75) is 52.0 Å². The third-order valence-electron chi connectivity index (χ3n) is 3.65. The van der Waals surface area contributed by atoms with Crippen molar-refractivity contribution in [3.05, 3.63) is 0 Å². The highest BCUT2D eigenvalue weighted by molar-refractivity contribution is 5.76. The summed E-state index contributed by atoms with van der Waals surface area (Å²) >= 11 is 0. The smallest absolute Gasteiger partial charge is 0.308 e. The molecule has 3 N–H and O–H groups in total. The molecule has 1 saturated carbocycles. The van der Waals surface area contributed by atoms with Crippen molar-refractivity contribution in [3.8, 4) is 0 Å². The van der Waals surface area contributed by atoms with E-state index in [2.05, 4.69) is 5.32 Å². The topological polar surface area (TPSA) is 81.4 Å². The second kappa shape index (κ2) is 8.15. The van der Waals surface area contributed by atoms with E-state index in [1.54, 1.807) is 0 Å². The predicted octanol–water partition coefficient (Wildman–Crippen LogP) is 1.21. The van der Waals surface area contributed by atoms with Crippen molar-refractivity contribution in [1.82, 2.24) is 5.32 Å². The Bertz CT molecular complexity index is 299. The molecule has 0 aromatic carbocycles. The standard InChI is InChI=1S/C14H26N2O3/c1-3-19-14(18)11-4-6-12(7-5-11)16-13(17)8-10(2)9-15/h10-12H,3-9,15H2,1-2H3,(H,16,17). The first-order valence-corrected chi connectivity index (χ1v) is 7.22. The Morgan fingerprint density at radius 2 is 1.95 bits per heavy atom. The first-order chi connectivity index (χ1) is 9.06. The zero-order valence-corrected chi connectivity index (χ0v) is 12.0. The van der Waals surface area contributed by atoms with Gasteiger partial charge >= 0.3 is 5.97 Å². The number of nitrogens with one attached hydrogen (secondary N) is 1. The molecule has 1 unspecified atom stereocenters. The van der Waals surface area contributed by atoms with Gasteiger partial charge in [0.25, 0.3) is 0 Å². The summed E-state index contributed by atoms with van der Waals surface area (Å²) < 4.78 is 5.02. The van der Waals surface area contributed by atoms with Crippen LogP contribution in [0.15, 0.2) is 0 Å². The summed E-state index contributed by atoms with van der Waals surface area (Å²) in [5.74, 6) is 0.202. The van der Waals surface area contributed by atoms with Gasteiger partial charge in [-0.05, 0) is 45.1 Å². The Kier molecular flexibility index (Phi) is 6.84. The lowest BCUT2D eigenvalue weighted by Crippen LogP contribution is -2.39. The van der Waals surface area contributed by atoms with Crippen LogP contribution in [0.3, 0.4) is 0 Å². The lowest BCUT2D eigenvalue weighted by atomic mass is 9.86. The Labute approximate surface area is 115 Å². The van der Waals surface area contributed by atoms with E-state index >= 15 is 0 Å². The van der Waals surface area contributed by atoms with Crippen LogP contribution >= 0.6 is 0 Å². The number of esters is 1. The molecule has 0 aromatic rings. The van der Waals surface area contributed by atoms with Gasteiger partial charge < -0.3 is 15.8 Å². The van der Waals surface area contributed by atoms with Crippen molar-refractivity contribution in [2.24, 2.45) is 17.6 Å². The Hall–Kier alpha value is -1.10. The molecule has 0 aromatic heterocycles. The molecule has 5 heteroatoms. The van der Waals surface area contributed by atoms with Gasteiger partial charge in [0.05, 0.1) is 12.5 Å². The maximum Gasteiger partial charge on any atom is 0.308 e. The minimum absolute atomic E-state index is 0.0102. The fourth-order valence-electron chi connectivity index (χ4n) is 2.42. The molecule has 1 atom stereocenters. The maximum absolute atomic E-state index is 11.7. The van der Waals surface area contributed by atoms with Gasteiger partial charge in [0.15, 0.2) is 0 Å². The maximum atomic E-state index is 11.7. The number of rotatable bonds is 6. The van der Waals surface area contributed by atoms with Crippen LogP contribution in [0.2, 0.25) is 0 Å². The van der Waals surface area contributed by atoms with Crippen LogP contribution in [0.4, 0.5) is 0 Å². The summed E-state index contributed by atoms with van der Waals surface area (Å²) in [4.78, 5) is 23.3. The number of amides is 1. The molecule has 0 heterocycles. The van der Waals surface area contributed by atoms with Gasteiger partial charge in [-0.1, -0.05) is 6.92 Å². The number of ether oxygens (including phenoxy) is 1. The van der Waals surface area contributed by atoms with Crippen LogP contribution in [0.5, 0.6) is 0 Å². The van der Waals surface area contributed by atoms with Crippen molar-refractivity contribution >= 4 is 11.9 Å². The number of carbonyl (C=O) groups excluding carboxylic acids is 2. The number of hydrogen-bond donors (Lipinski definition) is 2. The van der Waals surface area contributed by atoms with E-state index in [1.165, 1.54) is 0 Å². The van der Waals surface area contributed by atoms with Crippen LogP contribution in [0.25, 0.3) is 0 Å². The van der Waals surface area contributed by atoms with Gasteiger partial charge in [-0.2, -0.15) is 0 Å². The SMILES string of the molecule is CCOC(=O)C1CCC(NC(=O)CC(C)CN)CC1. The molecular formula is C14H26N2O3. The molecule has 1 rings (SSSR count). The van der Waals surface area contributed by atoms with Crippen LogP contribution < -0.4 is 11.1 Å². The lowest BCUT2D eigenvalue weighted by Gasteiger charge is -2.28. The first kappa shape index (κ1) is 16.0. The van der Waals surface area contributed by atoms with Crippen molar-refractivity contribution in [3.63, 3.8) is 0 Å². The second-order valence-electron chi connectivity index (χ2n) is 5.41. The number of carbonyl (C=O) groups is 2. The largest absolute Gasteiger partial charge is 0.466 e. The number of hydrogen-bond acceptors (Lipinski definition) is 4. The molecule has 110 valence electrons. The quantitative estimate of drug-likeness (QED) is 0.711. The van der Waals surface area contributed by atoms with Crippen molar-refractivity contribution in [1.29, 1.82) is 0 Å². The lowest BCUT2D eigenvalue weighted by molar-refractivity contribution is -0.149. The van der Waals surface area contributed by atoms with Gasteiger partial charge in [-0.3, -0.25) is 9.59 Å². The molecule has 0 bridgehead atoms. The monoisotopic (exact) mass is 270 g/mol. The van der Waals surface area contributed by atoms with Crippen LogP contribution in [-0.4, -0.2) is 31.1 Å². The Morgan fingerprint density at radius 1 is 1.32 bits per heavy atom. The molecule has 1 aliphatic carbocycles. The molecule has 1 aliphatic rings. The molecule has 1 fully saturated rings. The van der Waals surface area contributed by atoms with Gasteiger partial charge in [0.1, 0.15) is 0 Å². The number of nitrogens with two attached hydrogens (primary N) is 1. The minimum atomic E-state index is -0.0935. The van der Waals surface area contributed by atoms with E-state index in [0.717, 1.165) is 25.7 Å². The predicted molar refractivity (Wildman–Crippen MR) is 73.4 cm³/mol. The van der Waals surface area contributed by atoms with Gasteiger partial charge in [-0.15, -0.1) is 0 Å². The molecule has 0 saturated heterocycles. The fourth-order valence-corrected chi connectivity index (χ4v) is 2.42. The zero-order chi connectivity index (χ0) is 14.3. The third kappa shape index (κ3) is 5.59. The van der Waals surface area contributed by atoms with Gasteiger partial charge in [-0.25, -0.2) is 0 Å². The van der Waals surface area contributed by atoms with E-state index in [0.29, 0.717) is 19.6 Å². The summed E-state index contributed by atoms with van der Waals surface area (Å²) in [6, 6.07) is 0.197. The summed E-state index contributed by atoms with van der Waals surface area (Å²) in [7, 11) is 0. The second-order valence-corrected chi connectivity index (χ2v) is 5.41. The van der Waals surface area contributed by atoms with Crippen molar-refractivity contribution < 1.29 is 14.3 Å². The summed E-state index contributed by atoms with van der Waals surface area (Å²) in [6.07, 6.45) is 3.79. The van der Waals surface area contributed by atoms with E-state index < -0.39 is 0 Å². The van der Waals surface area contributed by atoms with Crippen molar-refractivity contribution in [2.75, 3.05) is 13.2 Å². The van der Waals surface area contributed by atoms with Crippen LogP contribution in [-0.2, 0) is 14.3 Å². The molecule has 0 aliphatic heterocycles. The van der Waals surface area contributed by atoms with E-state index in [4.69, 9.17) is 10.5 Å². The normalized spacial score (nSPS) is 24.6. The third-order valence-corrected chi connectivity index (χ3v) is 3.65. The van der Waals surface area contributed by atoms with Crippen LogP contribution in [0, 0.1) is 11.8 Å². The summed E-state index contributed by atoms with van der Waals surface area (Å²) in [6.45, 7) is 4.76. The van der Waals surface area contributed by atoms with E-state index in [-0.39, 0.29) is 29.8 Å². The zero-order valence-electron chi connectivity index (χ0n) is 12.0. The average molecular weight is 270 g/mol. The van der Waals surface area contributed by atoms with E-state index in [1.807, 2.05) is 13.8 Å². The summed E-state index contributed by atoms with van der Waals surface area (Å²) in [5, 5.41) is 3.03. The highest BCUT2D eigenvalue weighted by atomic mass is 16.5. The molecule has 1 amide bonds. The van der Waals surface area contributed by atoms with Gasteiger partial charge in [0, 0.05) is 12.5 Å². The minimum Gasteiger partial charge on any atom is -0.466 e. The van der Waals surface area contributed by atoms with Crippen LogP contribution in [0.1, 0.15) is 46.0 Å². The highest BCUT2D eigenvalue weighted by Gasteiger charge is 2.27. The molecule has 0 spiro atoms. The summed E-state index contributed by atoms with van der Waals surface area (Å²) in [5.41, 5.74) is 5.50. The Balaban J connectivity index is 2.26. The Morgan fingerprint density at radius 3 is 2.47 bits per heavy atom. The average Bonchev–Trinajstić information content (AvgIpc) is 2.39. The molecular weight excluding hydrogens is 244 g/mol. The molecule has 0 radical (unpaired) electrons. The van der Waals surface area contributed by atoms with Gasteiger partial charge in [0.2, 0.25) is 5.91 Å². The fraction of sp³-hybridized carbons (Fsp3) is 0.857. The molecule has 5 nitrogen and oxygen atoms in total. The molecule has 19 heavy (non-hydrogen) atoms.